The lowest BCUT2D eigenvalue weighted by Gasteiger charge is -2.37. The Morgan fingerprint density at radius 3 is 2.62 bits per heavy atom. The number of fused-ring (bicyclic) bond motifs is 1. The summed E-state index contributed by atoms with van der Waals surface area (Å²) in [5.74, 6) is 0. The minimum Gasteiger partial charge on any atom is -0.394 e. The van der Waals surface area contributed by atoms with Crippen molar-refractivity contribution in [1.82, 2.24) is 4.90 Å². The van der Waals surface area contributed by atoms with Gasteiger partial charge in [0.05, 0.1) is 6.61 Å². The molecular weight excluding hydrogens is 232 g/mol. The van der Waals surface area contributed by atoms with Gasteiger partial charge in [-0.25, -0.2) is 0 Å². The molecule has 2 aliphatic heterocycles. The molecule has 2 heterocycles. The molecule has 0 amide bonds. The number of hydrogen-bond donors (Lipinski definition) is 3. The smallest absolute Gasteiger partial charge is 0.161 e. The Labute approximate surface area is 97.9 Å². The number of aliphatic imine (C=N–C) groups is 1. The summed E-state index contributed by atoms with van der Waals surface area (Å²) in [5, 5.41) is 29.3. The summed E-state index contributed by atoms with van der Waals surface area (Å²) in [7, 11) is 3.71. The van der Waals surface area contributed by atoms with Crippen LogP contribution >= 0.6 is 11.8 Å². The molecule has 92 valence electrons. The van der Waals surface area contributed by atoms with Crippen LogP contribution in [0.15, 0.2) is 4.99 Å². The van der Waals surface area contributed by atoms with E-state index in [0.717, 1.165) is 5.17 Å². The highest BCUT2D eigenvalue weighted by molar-refractivity contribution is 8.14. The number of thioether (sulfide) groups is 1. The van der Waals surface area contributed by atoms with E-state index in [0.29, 0.717) is 0 Å². The van der Waals surface area contributed by atoms with Gasteiger partial charge < -0.3 is 25.0 Å². The third-order valence-electron chi connectivity index (χ3n) is 2.71. The van der Waals surface area contributed by atoms with Gasteiger partial charge in [0, 0.05) is 14.1 Å². The van der Waals surface area contributed by atoms with Crippen molar-refractivity contribution in [2.24, 2.45) is 4.99 Å². The fraction of sp³-hybridized carbons (Fsp3) is 0.889. The highest BCUT2D eigenvalue weighted by Gasteiger charge is 2.48. The Morgan fingerprint density at radius 1 is 1.38 bits per heavy atom. The van der Waals surface area contributed by atoms with Crippen LogP contribution in [0.4, 0.5) is 0 Å². The monoisotopic (exact) mass is 248 g/mol. The third kappa shape index (κ3) is 1.93. The molecule has 0 spiro atoms. The lowest BCUT2D eigenvalue weighted by atomic mass is 9.99. The van der Waals surface area contributed by atoms with Crippen LogP contribution in [0.2, 0.25) is 0 Å². The highest BCUT2D eigenvalue weighted by Crippen LogP contribution is 2.36. The maximum absolute atomic E-state index is 9.87. The van der Waals surface area contributed by atoms with Crippen molar-refractivity contribution < 1.29 is 20.1 Å². The second-order valence-corrected chi connectivity index (χ2v) is 5.19. The van der Waals surface area contributed by atoms with Gasteiger partial charge in [-0.3, -0.25) is 4.99 Å². The van der Waals surface area contributed by atoms with E-state index >= 15 is 0 Å². The number of nitrogens with zero attached hydrogens (tertiary/aromatic N) is 2. The van der Waals surface area contributed by atoms with Crippen LogP contribution in [0.25, 0.3) is 0 Å². The Hall–Kier alpha value is -0.340. The van der Waals surface area contributed by atoms with Crippen molar-refractivity contribution in [2.75, 3.05) is 20.7 Å². The van der Waals surface area contributed by atoms with Gasteiger partial charge in [-0.15, -0.1) is 0 Å². The zero-order chi connectivity index (χ0) is 11.9. The summed E-state index contributed by atoms with van der Waals surface area (Å²) in [4.78, 5) is 6.13. The number of rotatable bonds is 1. The molecule has 0 aromatic carbocycles. The number of amidine groups is 1. The van der Waals surface area contributed by atoms with Crippen molar-refractivity contribution in [1.29, 1.82) is 0 Å². The molecule has 1 saturated heterocycles. The molecule has 5 atom stereocenters. The van der Waals surface area contributed by atoms with Crippen LogP contribution in [0.1, 0.15) is 0 Å². The molecule has 0 unspecified atom stereocenters. The van der Waals surface area contributed by atoms with E-state index in [1.165, 1.54) is 11.8 Å². The van der Waals surface area contributed by atoms with Gasteiger partial charge in [-0.1, -0.05) is 11.8 Å². The zero-order valence-electron chi connectivity index (χ0n) is 9.15. The third-order valence-corrected chi connectivity index (χ3v) is 4.02. The first-order chi connectivity index (χ1) is 7.54. The van der Waals surface area contributed by atoms with Crippen molar-refractivity contribution in [3.63, 3.8) is 0 Å². The minimum absolute atomic E-state index is 0.306. The SMILES string of the molecule is CN(C)C1=N[C@@H]2[C@H](O)[C@H](O)[C@@H](CO)O[C@@H]2S1. The summed E-state index contributed by atoms with van der Waals surface area (Å²) in [5.41, 5.74) is -0.326. The zero-order valence-corrected chi connectivity index (χ0v) is 9.96. The van der Waals surface area contributed by atoms with Gasteiger partial charge in [0.2, 0.25) is 0 Å². The molecule has 2 aliphatic rings. The van der Waals surface area contributed by atoms with Crippen molar-refractivity contribution in [2.45, 2.75) is 29.8 Å². The Bertz CT molecular complexity index is 299. The van der Waals surface area contributed by atoms with E-state index in [1.54, 1.807) is 0 Å². The fourth-order valence-corrected chi connectivity index (χ4v) is 2.95. The molecule has 2 rings (SSSR count). The lowest BCUT2D eigenvalue weighted by molar-refractivity contribution is -0.164. The van der Waals surface area contributed by atoms with Crippen molar-refractivity contribution >= 4 is 16.9 Å². The van der Waals surface area contributed by atoms with E-state index in [2.05, 4.69) is 4.99 Å². The maximum Gasteiger partial charge on any atom is 0.161 e. The van der Waals surface area contributed by atoms with Crippen molar-refractivity contribution in [3.05, 3.63) is 0 Å². The van der Waals surface area contributed by atoms with Crippen LogP contribution in [0.3, 0.4) is 0 Å². The maximum atomic E-state index is 9.87. The van der Waals surface area contributed by atoms with Crippen molar-refractivity contribution in [3.8, 4) is 0 Å². The molecule has 1 fully saturated rings. The fourth-order valence-electron chi connectivity index (χ4n) is 1.78. The minimum atomic E-state index is -1.09. The molecule has 3 N–H and O–H groups in total. The predicted octanol–water partition coefficient (Wildman–Crippen LogP) is -1.54. The average Bonchev–Trinajstić information content (AvgIpc) is 2.67. The van der Waals surface area contributed by atoms with Gasteiger partial charge in [-0.05, 0) is 0 Å². The normalized spacial score (nSPS) is 42.8. The van der Waals surface area contributed by atoms with Gasteiger partial charge in [-0.2, -0.15) is 0 Å². The molecule has 16 heavy (non-hydrogen) atoms. The van der Waals surface area contributed by atoms with E-state index in [4.69, 9.17) is 9.84 Å². The van der Waals surface area contributed by atoms with Crippen LogP contribution in [-0.4, -0.2) is 75.9 Å². The topological polar surface area (TPSA) is 85.5 Å². The predicted molar refractivity (Wildman–Crippen MR) is 60.3 cm³/mol. The largest absolute Gasteiger partial charge is 0.394 e. The van der Waals surface area contributed by atoms with Gasteiger partial charge in [0.1, 0.15) is 29.8 Å². The number of aliphatic hydroxyl groups excluding tert-OH is 3. The molecule has 0 aliphatic carbocycles. The first-order valence-electron chi connectivity index (χ1n) is 5.09. The molecule has 7 heteroatoms. The van der Waals surface area contributed by atoms with Crippen LogP contribution in [0, 0.1) is 0 Å². The summed E-state index contributed by atoms with van der Waals surface area (Å²) in [6, 6.07) is -0.458. The quantitative estimate of drug-likeness (QED) is 0.521. The molecule has 0 aromatic rings. The Balaban J connectivity index is 2.14. The average molecular weight is 248 g/mol. The Morgan fingerprint density at radius 2 is 2.06 bits per heavy atom. The summed E-state index contributed by atoms with van der Waals surface area (Å²) in [6.07, 6.45) is -2.81. The molecule has 0 radical (unpaired) electrons. The van der Waals surface area contributed by atoms with E-state index < -0.39 is 24.4 Å². The summed E-state index contributed by atoms with van der Waals surface area (Å²) >= 11 is 1.40. The van der Waals surface area contributed by atoms with E-state index in [9.17, 15) is 10.2 Å². The summed E-state index contributed by atoms with van der Waals surface area (Å²) < 4.78 is 5.48. The van der Waals surface area contributed by atoms with Crippen LogP contribution < -0.4 is 0 Å². The van der Waals surface area contributed by atoms with E-state index in [1.807, 2.05) is 19.0 Å². The second-order valence-electron chi connectivity index (χ2n) is 4.12. The molecule has 0 aromatic heterocycles. The lowest BCUT2D eigenvalue weighted by Crippen LogP contribution is -2.55. The summed E-state index contributed by atoms with van der Waals surface area (Å²) in [6.45, 7) is -0.306. The number of ether oxygens (including phenoxy) is 1. The van der Waals surface area contributed by atoms with Crippen LogP contribution in [-0.2, 0) is 4.74 Å². The van der Waals surface area contributed by atoms with E-state index in [-0.39, 0.29) is 12.0 Å². The number of aliphatic hydroxyl groups is 3. The van der Waals surface area contributed by atoms with Gasteiger partial charge in [0.25, 0.3) is 0 Å². The molecule has 6 nitrogen and oxygen atoms in total. The second kappa shape index (κ2) is 4.50. The molecule has 0 saturated carbocycles. The molecule has 0 bridgehead atoms. The first kappa shape index (κ1) is 12.1. The van der Waals surface area contributed by atoms with Crippen LogP contribution in [0.5, 0.6) is 0 Å². The number of hydrogen-bond acceptors (Lipinski definition) is 7. The molecular formula is C9H16N2O4S. The highest BCUT2D eigenvalue weighted by atomic mass is 32.2. The van der Waals surface area contributed by atoms with Gasteiger partial charge >= 0.3 is 0 Å². The standard InChI is InChI=1S/C9H16N2O4S/c1-11(2)9-10-5-7(14)6(13)4(3-12)15-8(5)16-9/h4-8,12-14H,3H2,1-2H3/t4-,5-,6-,7+,8-/m1/s1. The van der Waals surface area contributed by atoms with Gasteiger partial charge in [0.15, 0.2) is 5.17 Å². The first-order valence-corrected chi connectivity index (χ1v) is 5.96. The Kier molecular flexibility index (Phi) is 3.41.